The molecule has 0 unspecified atom stereocenters. The van der Waals surface area contributed by atoms with E-state index in [0.717, 1.165) is 0 Å². The zero-order valence-electron chi connectivity index (χ0n) is 12.0. The molecule has 0 saturated carbocycles. The molecule has 0 aromatic heterocycles. The quantitative estimate of drug-likeness (QED) is 0.757. The third-order valence-corrected chi connectivity index (χ3v) is 5.03. The second-order valence-corrected chi connectivity index (χ2v) is 7.28. The van der Waals surface area contributed by atoms with Gasteiger partial charge in [-0.2, -0.15) is 4.72 Å². The zero-order chi connectivity index (χ0) is 16.2. The van der Waals surface area contributed by atoms with E-state index in [-0.39, 0.29) is 10.8 Å². The number of benzene rings is 1. The van der Waals surface area contributed by atoms with Crippen molar-refractivity contribution < 1.29 is 23.1 Å². The van der Waals surface area contributed by atoms with Crippen LogP contribution in [0.5, 0.6) is 5.75 Å². The van der Waals surface area contributed by atoms with Gasteiger partial charge in [0.2, 0.25) is 10.0 Å². The summed E-state index contributed by atoms with van der Waals surface area (Å²) in [4.78, 5) is 11.2. The molecule has 0 radical (unpaired) electrons. The number of methoxy groups -OCH3 is 1. The van der Waals surface area contributed by atoms with E-state index in [4.69, 9.17) is 4.74 Å². The van der Waals surface area contributed by atoms with Crippen LogP contribution in [0.4, 0.5) is 0 Å². The fraction of sp³-hybridized carbons (Fsp3) is 0.462. The van der Waals surface area contributed by atoms with Gasteiger partial charge in [-0.15, -0.1) is 0 Å². The van der Waals surface area contributed by atoms with Crippen molar-refractivity contribution in [2.45, 2.75) is 31.2 Å². The first kappa shape index (κ1) is 17.9. The number of carboxylic acids is 1. The van der Waals surface area contributed by atoms with Gasteiger partial charge in [0.1, 0.15) is 11.8 Å². The van der Waals surface area contributed by atoms with Crippen LogP contribution >= 0.6 is 15.9 Å². The first-order chi connectivity index (χ1) is 9.71. The summed E-state index contributed by atoms with van der Waals surface area (Å²) >= 11 is 3.20. The molecule has 2 atom stereocenters. The number of hydrogen-bond donors (Lipinski definition) is 2. The molecule has 2 N–H and O–H groups in total. The lowest BCUT2D eigenvalue weighted by Crippen LogP contribution is -2.44. The number of carbonyl (C=O) groups is 1. The third kappa shape index (κ3) is 4.69. The highest BCUT2D eigenvalue weighted by molar-refractivity contribution is 9.10. The molecule has 0 amide bonds. The van der Waals surface area contributed by atoms with Gasteiger partial charge in [-0.3, -0.25) is 4.79 Å². The molecule has 0 spiro atoms. The fourth-order valence-electron chi connectivity index (χ4n) is 1.69. The minimum absolute atomic E-state index is 0.0525. The smallest absolute Gasteiger partial charge is 0.322 e. The van der Waals surface area contributed by atoms with Crippen molar-refractivity contribution in [2.75, 3.05) is 7.11 Å². The number of hydrogen-bond acceptors (Lipinski definition) is 4. The summed E-state index contributed by atoms with van der Waals surface area (Å²) in [5, 5.41) is 9.18. The van der Waals surface area contributed by atoms with Gasteiger partial charge in [-0.05, 0) is 18.1 Å². The van der Waals surface area contributed by atoms with E-state index < -0.39 is 22.0 Å². The van der Waals surface area contributed by atoms with Crippen molar-refractivity contribution in [3.8, 4) is 5.75 Å². The van der Waals surface area contributed by atoms with Crippen molar-refractivity contribution in [1.82, 2.24) is 4.72 Å². The average molecular weight is 380 g/mol. The number of rotatable bonds is 7. The molecule has 0 heterocycles. The maximum absolute atomic E-state index is 12.3. The molecular formula is C13H18BrNO5S. The van der Waals surface area contributed by atoms with Crippen LogP contribution in [0.1, 0.15) is 20.3 Å². The Morgan fingerprint density at radius 2 is 2.05 bits per heavy atom. The Morgan fingerprint density at radius 1 is 1.43 bits per heavy atom. The number of nitrogens with one attached hydrogen (secondary N) is 1. The largest absolute Gasteiger partial charge is 0.497 e. The van der Waals surface area contributed by atoms with Gasteiger partial charge in [0.25, 0.3) is 0 Å². The number of aliphatic carboxylic acids is 1. The molecule has 8 heteroatoms. The minimum Gasteiger partial charge on any atom is -0.497 e. The van der Waals surface area contributed by atoms with Crippen molar-refractivity contribution >= 4 is 31.9 Å². The van der Waals surface area contributed by atoms with Gasteiger partial charge < -0.3 is 9.84 Å². The van der Waals surface area contributed by atoms with E-state index in [0.29, 0.717) is 16.6 Å². The SMILES string of the molecule is CC[C@H](C)[C@H](NS(=O)(=O)c1cc(Br)cc(OC)c1)C(=O)O. The number of halogens is 1. The van der Waals surface area contributed by atoms with Crippen LogP contribution in [-0.4, -0.2) is 32.6 Å². The molecule has 118 valence electrons. The molecule has 21 heavy (non-hydrogen) atoms. The van der Waals surface area contributed by atoms with Gasteiger partial charge in [-0.25, -0.2) is 8.42 Å². The van der Waals surface area contributed by atoms with Crippen molar-refractivity contribution in [1.29, 1.82) is 0 Å². The lowest BCUT2D eigenvalue weighted by molar-refractivity contribution is -0.140. The Labute approximate surface area is 132 Å². The van der Waals surface area contributed by atoms with E-state index in [2.05, 4.69) is 20.7 Å². The highest BCUT2D eigenvalue weighted by atomic mass is 79.9. The van der Waals surface area contributed by atoms with E-state index in [1.807, 2.05) is 0 Å². The number of ether oxygens (including phenoxy) is 1. The van der Waals surface area contributed by atoms with Crippen LogP contribution in [0.2, 0.25) is 0 Å². The third-order valence-electron chi connectivity index (χ3n) is 3.15. The van der Waals surface area contributed by atoms with Gasteiger partial charge in [-0.1, -0.05) is 36.2 Å². The topological polar surface area (TPSA) is 92.7 Å². The molecule has 0 saturated heterocycles. The molecule has 1 aromatic carbocycles. The van der Waals surface area contributed by atoms with Gasteiger partial charge >= 0.3 is 5.97 Å². The van der Waals surface area contributed by atoms with Crippen molar-refractivity contribution in [2.24, 2.45) is 5.92 Å². The Balaban J connectivity index is 3.16. The molecule has 0 bridgehead atoms. The van der Waals surface area contributed by atoms with Crippen molar-refractivity contribution in [3.05, 3.63) is 22.7 Å². The van der Waals surface area contributed by atoms with Crippen LogP contribution < -0.4 is 9.46 Å². The standard InChI is InChI=1S/C13H18BrNO5S/c1-4-8(2)12(13(16)17)15-21(18,19)11-6-9(14)5-10(7-11)20-3/h5-8,12,15H,4H2,1-3H3,(H,16,17)/t8-,12-/m0/s1. The second-order valence-electron chi connectivity index (χ2n) is 4.65. The highest BCUT2D eigenvalue weighted by Crippen LogP contribution is 2.24. The van der Waals surface area contributed by atoms with Gasteiger partial charge in [0.05, 0.1) is 12.0 Å². The summed E-state index contributed by atoms with van der Waals surface area (Å²) < 4.78 is 32.4. The highest BCUT2D eigenvalue weighted by Gasteiger charge is 2.29. The Morgan fingerprint density at radius 3 is 2.52 bits per heavy atom. The Kier molecular flexibility index (Phi) is 6.18. The number of carboxylic acid groups (broad SMARTS) is 1. The first-order valence-corrected chi connectivity index (χ1v) is 8.58. The minimum atomic E-state index is -3.96. The van der Waals surface area contributed by atoms with E-state index in [1.54, 1.807) is 19.9 Å². The maximum Gasteiger partial charge on any atom is 0.322 e. The van der Waals surface area contributed by atoms with E-state index in [9.17, 15) is 18.3 Å². The lowest BCUT2D eigenvalue weighted by atomic mass is 10.0. The van der Waals surface area contributed by atoms with E-state index in [1.165, 1.54) is 19.2 Å². The Bertz CT molecular complexity index is 617. The number of sulfonamides is 1. The normalized spacial score (nSPS) is 14.5. The Hall–Kier alpha value is -1.12. The maximum atomic E-state index is 12.3. The molecular weight excluding hydrogens is 362 g/mol. The summed E-state index contributed by atoms with van der Waals surface area (Å²) in [5.41, 5.74) is 0. The molecule has 1 aromatic rings. The zero-order valence-corrected chi connectivity index (χ0v) is 14.4. The summed E-state index contributed by atoms with van der Waals surface area (Å²) in [7, 11) is -2.53. The van der Waals surface area contributed by atoms with Crippen LogP contribution in [0, 0.1) is 5.92 Å². The molecule has 0 fully saturated rings. The predicted molar refractivity (Wildman–Crippen MR) is 81.9 cm³/mol. The lowest BCUT2D eigenvalue weighted by Gasteiger charge is -2.20. The summed E-state index contributed by atoms with van der Waals surface area (Å²) in [6.45, 7) is 3.49. The van der Waals surface area contributed by atoms with Gasteiger partial charge in [0, 0.05) is 10.5 Å². The summed E-state index contributed by atoms with van der Waals surface area (Å²) in [5.74, 6) is -1.17. The molecule has 0 aliphatic rings. The molecule has 1 rings (SSSR count). The molecule has 0 aliphatic carbocycles. The molecule has 0 aliphatic heterocycles. The summed E-state index contributed by atoms with van der Waals surface area (Å²) in [6.07, 6.45) is 0.543. The van der Waals surface area contributed by atoms with Crippen LogP contribution in [0.25, 0.3) is 0 Å². The second kappa shape index (κ2) is 7.24. The van der Waals surface area contributed by atoms with Crippen LogP contribution in [0.3, 0.4) is 0 Å². The van der Waals surface area contributed by atoms with Crippen molar-refractivity contribution in [3.63, 3.8) is 0 Å². The van der Waals surface area contributed by atoms with Crippen LogP contribution in [-0.2, 0) is 14.8 Å². The first-order valence-electron chi connectivity index (χ1n) is 6.31. The van der Waals surface area contributed by atoms with Crippen LogP contribution in [0.15, 0.2) is 27.6 Å². The predicted octanol–water partition coefficient (Wildman–Crippen LogP) is 2.24. The van der Waals surface area contributed by atoms with E-state index >= 15 is 0 Å². The molecule has 6 nitrogen and oxygen atoms in total. The van der Waals surface area contributed by atoms with Gasteiger partial charge in [0.15, 0.2) is 0 Å². The fourth-order valence-corrected chi connectivity index (χ4v) is 3.67. The average Bonchev–Trinajstić information content (AvgIpc) is 2.42. The monoisotopic (exact) mass is 379 g/mol. The summed E-state index contributed by atoms with van der Waals surface area (Å²) in [6, 6.07) is 3.16.